The third-order valence-electron chi connectivity index (χ3n) is 4.32. The lowest BCUT2D eigenvalue weighted by molar-refractivity contribution is -0.143. The van der Waals surface area contributed by atoms with E-state index in [1.807, 2.05) is 45.9 Å². The van der Waals surface area contributed by atoms with E-state index in [9.17, 15) is 9.59 Å². The molecule has 28 heavy (non-hydrogen) atoms. The molecule has 2 rings (SSSR count). The Morgan fingerprint density at radius 3 is 2.64 bits per heavy atom. The molecule has 1 atom stereocenters. The largest absolute Gasteiger partial charge is 0.485 e. The zero-order chi connectivity index (χ0) is 20.7. The van der Waals surface area contributed by atoms with Gasteiger partial charge in [-0.25, -0.2) is 0 Å². The van der Waals surface area contributed by atoms with Crippen LogP contribution in [0.5, 0.6) is 5.75 Å². The van der Waals surface area contributed by atoms with Crippen LogP contribution in [0.4, 0.5) is 0 Å². The second-order valence-corrected chi connectivity index (χ2v) is 7.07. The van der Waals surface area contributed by atoms with Gasteiger partial charge in [-0.15, -0.1) is 0 Å². The van der Waals surface area contributed by atoms with Gasteiger partial charge in [0.15, 0.2) is 11.5 Å². The van der Waals surface area contributed by atoms with Gasteiger partial charge in [0.25, 0.3) is 5.91 Å². The second-order valence-electron chi connectivity index (χ2n) is 7.07. The summed E-state index contributed by atoms with van der Waals surface area (Å²) in [5.74, 6) is 0.524. The monoisotopic (exact) mass is 388 g/mol. The molecule has 1 heterocycles. The normalized spacial score (nSPS) is 11.9. The molecule has 0 spiro atoms. The summed E-state index contributed by atoms with van der Waals surface area (Å²) < 4.78 is 15.9. The molecule has 0 radical (unpaired) electrons. The molecule has 0 bridgehead atoms. The third-order valence-corrected chi connectivity index (χ3v) is 4.32. The van der Waals surface area contributed by atoms with Crippen molar-refractivity contribution >= 4 is 11.9 Å². The van der Waals surface area contributed by atoms with Crippen LogP contribution < -0.4 is 10.1 Å². The van der Waals surface area contributed by atoms with E-state index in [0.717, 1.165) is 16.9 Å². The van der Waals surface area contributed by atoms with Crippen LogP contribution in [0, 0.1) is 19.8 Å². The van der Waals surface area contributed by atoms with Crippen molar-refractivity contribution in [3.63, 3.8) is 0 Å². The minimum Gasteiger partial charge on any atom is -0.485 e. The van der Waals surface area contributed by atoms with Crippen molar-refractivity contribution in [2.75, 3.05) is 6.61 Å². The minimum atomic E-state index is -0.398. The summed E-state index contributed by atoms with van der Waals surface area (Å²) in [5, 5.41) is 6.64. The SMILES string of the molecule is CCOC(=O)C[C@H](NC(=O)c1cc(COc2cc(C)ccc2C)on1)C(C)C. The molecule has 0 saturated carbocycles. The number of carbonyl (C=O) groups excluding carboxylic acids is 2. The van der Waals surface area contributed by atoms with Gasteiger partial charge < -0.3 is 19.3 Å². The Hall–Kier alpha value is -2.83. The van der Waals surface area contributed by atoms with E-state index in [-0.39, 0.29) is 36.7 Å². The van der Waals surface area contributed by atoms with Crippen molar-refractivity contribution in [2.24, 2.45) is 5.92 Å². The van der Waals surface area contributed by atoms with Gasteiger partial charge in [-0.3, -0.25) is 9.59 Å². The summed E-state index contributed by atoms with van der Waals surface area (Å²) in [5.41, 5.74) is 2.26. The van der Waals surface area contributed by atoms with E-state index >= 15 is 0 Å². The first-order valence-corrected chi connectivity index (χ1v) is 9.42. The highest BCUT2D eigenvalue weighted by Crippen LogP contribution is 2.20. The summed E-state index contributed by atoms with van der Waals surface area (Å²) in [4.78, 5) is 24.2. The lowest BCUT2D eigenvalue weighted by Crippen LogP contribution is -2.40. The molecule has 0 unspecified atom stereocenters. The number of esters is 1. The van der Waals surface area contributed by atoms with Gasteiger partial charge >= 0.3 is 5.97 Å². The Bertz CT molecular complexity index is 813. The molecule has 0 aliphatic heterocycles. The number of hydrogen-bond acceptors (Lipinski definition) is 6. The maximum atomic E-state index is 12.5. The molecule has 0 fully saturated rings. The van der Waals surface area contributed by atoms with Crippen LogP contribution in [0.1, 0.15) is 54.6 Å². The van der Waals surface area contributed by atoms with Gasteiger partial charge in [0.05, 0.1) is 13.0 Å². The van der Waals surface area contributed by atoms with E-state index in [4.69, 9.17) is 14.0 Å². The van der Waals surface area contributed by atoms with Gasteiger partial charge in [0.1, 0.15) is 12.4 Å². The Balaban J connectivity index is 1.96. The first-order valence-electron chi connectivity index (χ1n) is 9.42. The van der Waals surface area contributed by atoms with Crippen molar-refractivity contribution in [1.29, 1.82) is 0 Å². The summed E-state index contributed by atoms with van der Waals surface area (Å²) >= 11 is 0. The lowest BCUT2D eigenvalue weighted by atomic mass is 10.0. The first kappa shape index (κ1) is 21.5. The first-order chi connectivity index (χ1) is 13.3. The summed E-state index contributed by atoms with van der Waals surface area (Å²) in [6.45, 7) is 10.0. The van der Waals surface area contributed by atoms with Gasteiger partial charge in [-0.2, -0.15) is 0 Å². The highest BCUT2D eigenvalue weighted by atomic mass is 16.5. The fraction of sp³-hybridized carbons (Fsp3) is 0.476. The number of benzene rings is 1. The van der Waals surface area contributed by atoms with Gasteiger partial charge in [0.2, 0.25) is 0 Å². The predicted octanol–water partition coefficient (Wildman–Crippen LogP) is 3.58. The average molecular weight is 388 g/mol. The molecule has 1 N–H and O–H groups in total. The zero-order valence-corrected chi connectivity index (χ0v) is 17.1. The topological polar surface area (TPSA) is 90.7 Å². The minimum absolute atomic E-state index is 0.0624. The van der Waals surface area contributed by atoms with E-state index in [0.29, 0.717) is 12.4 Å². The van der Waals surface area contributed by atoms with Crippen molar-refractivity contribution in [3.8, 4) is 5.75 Å². The molecule has 2 aromatic rings. The Kier molecular flexibility index (Phi) is 7.61. The quantitative estimate of drug-likeness (QED) is 0.660. The average Bonchev–Trinajstić information content (AvgIpc) is 3.11. The fourth-order valence-electron chi connectivity index (χ4n) is 2.59. The number of nitrogens with zero attached hydrogens (tertiary/aromatic N) is 1. The van der Waals surface area contributed by atoms with Crippen LogP contribution in [-0.4, -0.2) is 29.7 Å². The molecule has 1 amide bonds. The molecule has 1 aromatic heterocycles. The maximum Gasteiger partial charge on any atom is 0.307 e. The Labute approximate surface area is 165 Å². The number of nitrogens with one attached hydrogen (secondary N) is 1. The van der Waals surface area contributed by atoms with Crippen molar-refractivity contribution in [3.05, 3.63) is 46.8 Å². The number of amides is 1. The van der Waals surface area contributed by atoms with Crippen molar-refractivity contribution in [2.45, 2.75) is 53.7 Å². The molecule has 0 aliphatic carbocycles. The number of carbonyl (C=O) groups is 2. The summed E-state index contributed by atoms with van der Waals surface area (Å²) in [6, 6.07) is 7.14. The van der Waals surface area contributed by atoms with E-state index < -0.39 is 5.91 Å². The predicted molar refractivity (Wildman–Crippen MR) is 104 cm³/mol. The summed E-state index contributed by atoms with van der Waals surface area (Å²) in [7, 11) is 0. The van der Waals surface area contributed by atoms with Crippen LogP contribution in [0.2, 0.25) is 0 Å². The van der Waals surface area contributed by atoms with Crippen LogP contribution in [-0.2, 0) is 16.1 Å². The fourth-order valence-corrected chi connectivity index (χ4v) is 2.59. The van der Waals surface area contributed by atoms with E-state index in [1.165, 1.54) is 0 Å². The van der Waals surface area contributed by atoms with E-state index in [2.05, 4.69) is 10.5 Å². The molecule has 0 aliphatic rings. The number of aryl methyl sites for hydroxylation is 2. The van der Waals surface area contributed by atoms with Crippen LogP contribution in [0.25, 0.3) is 0 Å². The molecule has 7 heteroatoms. The maximum absolute atomic E-state index is 12.5. The van der Waals surface area contributed by atoms with Crippen molar-refractivity contribution < 1.29 is 23.6 Å². The van der Waals surface area contributed by atoms with Crippen LogP contribution >= 0.6 is 0 Å². The number of aromatic nitrogens is 1. The van der Waals surface area contributed by atoms with Gasteiger partial charge in [-0.05, 0) is 43.9 Å². The molecular formula is C21H28N2O5. The number of hydrogen-bond donors (Lipinski definition) is 1. The van der Waals surface area contributed by atoms with Crippen LogP contribution in [0.3, 0.4) is 0 Å². The Morgan fingerprint density at radius 1 is 1.21 bits per heavy atom. The lowest BCUT2D eigenvalue weighted by Gasteiger charge is -2.20. The standard InChI is InChI=1S/C21H28N2O5/c1-6-26-20(24)11-17(13(2)3)22-21(25)18-10-16(28-23-18)12-27-19-9-14(4)7-8-15(19)5/h7-10,13,17H,6,11-12H2,1-5H3,(H,22,25)/t17-/m0/s1. The molecule has 7 nitrogen and oxygen atoms in total. The van der Waals surface area contributed by atoms with Crippen molar-refractivity contribution in [1.82, 2.24) is 10.5 Å². The van der Waals surface area contributed by atoms with Crippen LogP contribution in [0.15, 0.2) is 28.8 Å². The number of rotatable bonds is 9. The summed E-state index contributed by atoms with van der Waals surface area (Å²) in [6.07, 6.45) is 0.109. The zero-order valence-electron chi connectivity index (χ0n) is 17.1. The smallest absolute Gasteiger partial charge is 0.307 e. The molecule has 1 aromatic carbocycles. The third kappa shape index (κ3) is 6.11. The van der Waals surface area contributed by atoms with Gasteiger partial charge in [-0.1, -0.05) is 31.1 Å². The molecular weight excluding hydrogens is 360 g/mol. The molecule has 152 valence electrons. The Morgan fingerprint density at radius 2 is 1.96 bits per heavy atom. The highest BCUT2D eigenvalue weighted by molar-refractivity contribution is 5.92. The van der Waals surface area contributed by atoms with E-state index in [1.54, 1.807) is 13.0 Å². The highest BCUT2D eigenvalue weighted by Gasteiger charge is 2.23. The molecule has 0 saturated heterocycles. The second kappa shape index (κ2) is 9.92. The number of ether oxygens (including phenoxy) is 2. The van der Waals surface area contributed by atoms with Gasteiger partial charge in [0, 0.05) is 12.1 Å².